The average Bonchev–Trinajstić information content (AvgIpc) is 3.86. The van der Waals surface area contributed by atoms with Crippen molar-refractivity contribution in [2.24, 2.45) is 0 Å². The van der Waals surface area contributed by atoms with Gasteiger partial charge in [-0.05, 0) is 109 Å². The van der Waals surface area contributed by atoms with E-state index in [1.807, 2.05) is 0 Å². The van der Waals surface area contributed by atoms with Crippen LogP contribution >= 0.6 is 11.3 Å². The Hall–Kier alpha value is -2.68. The molecule has 4 fully saturated rings. The van der Waals surface area contributed by atoms with Crippen molar-refractivity contribution in [1.82, 2.24) is 24.6 Å². The first-order valence-electron chi connectivity index (χ1n) is 17.4. The predicted octanol–water partition coefficient (Wildman–Crippen LogP) is 6.12. The van der Waals surface area contributed by atoms with Crippen molar-refractivity contribution in [3.8, 4) is 11.3 Å². The summed E-state index contributed by atoms with van der Waals surface area (Å²) in [5.41, 5.74) is 5.84. The molecule has 0 saturated carbocycles. The molecule has 0 spiro atoms. The van der Waals surface area contributed by atoms with E-state index in [-0.39, 0.29) is 6.04 Å². The molecule has 1 N–H and O–H groups in total. The van der Waals surface area contributed by atoms with Gasteiger partial charge in [0.2, 0.25) is 11.8 Å². The highest BCUT2D eigenvalue weighted by Gasteiger charge is 2.47. The number of rotatable bonds is 8. The minimum absolute atomic E-state index is 0.0308. The monoisotopic (exact) mass is 629 g/mol. The topological polar surface area (TPSA) is 62.9 Å². The van der Waals surface area contributed by atoms with Gasteiger partial charge in [-0.2, -0.15) is 0 Å². The first kappa shape index (κ1) is 30.9. The standard InChI is InChI=1S/C37H51N5O2S/c1-24-20-25(2)22-27(21-24)33-30(12-15-39-16-18-40(19-17-39)26(3)35(43)41-13-6-7-14-41)31-23-32(45-34(31)38-33)37(4,5)36(44)42-28-8-9-29(42)11-10-28/h20-23,26,28-29,38H,6-19H2,1-5H3. The van der Waals surface area contributed by atoms with Gasteiger partial charge in [0, 0.05) is 68.2 Å². The van der Waals surface area contributed by atoms with Gasteiger partial charge in [-0.25, -0.2) is 0 Å². The summed E-state index contributed by atoms with van der Waals surface area (Å²) in [7, 11) is 0. The van der Waals surface area contributed by atoms with E-state index in [0.717, 1.165) is 65.1 Å². The number of amides is 2. The molecule has 45 heavy (non-hydrogen) atoms. The van der Waals surface area contributed by atoms with Gasteiger partial charge >= 0.3 is 0 Å². The van der Waals surface area contributed by atoms with E-state index in [0.29, 0.717) is 23.9 Å². The summed E-state index contributed by atoms with van der Waals surface area (Å²) < 4.78 is 0. The fourth-order valence-corrected chi connectivity index (χ4v) is 9.82. The van der Waals surface area contributed by atoms with Crippen molar-refractivity contribution in [2.75, 3.05) is 45.8 Å². The van der Waals surface area contributed by atoms with Crippen molar-refractivity contribution < 1.29 is 9.59 Å². The molecule has 0 radical (unpaired) electrons. The number of nitrogens with zero attached hydrogens (tertiary/aromatic N) is 4. The molecule has 2 amide bonds. The van der Waals surface area contributed by atoms with Crippen molar-refractivity contribution in [3.05, 3.63) is 45.8 Å². The van der Waals surface area contributed by atoms with Crippen molar-refractivity contribution >= 4 is 33.4 Å². The molecule has 242 valence electrons. The summed E-state index contributed by atoms with van der Waals surface area (Å²) in [6.45, 7) is 17.4. The van der Waals surface area contributed by atoms with Gasteiger partial charge in [0.1, 0.15) is 4.83 Å². The number of fused-ring (bicyclic) bond motifs is 3. The Balaban J connectivity index is 1.11. The number of piperazine rings is 1. The number of thiophene rings is 1. The molecule has 7 rings (SSSR count). The number of aromatic nitrogens is 1. The summed E-state index contributed by atoms with van der Waals surface area (Å²) in [5.74, 6) is 0.614. The fraction of sp³-hybridized carbons (Fsp3) is 0.622. The third kappa shape index (κ3) is 5.76. The molecule has 4 aliphatic rings. The number of likely N-dealkylation sites (tertiary alicyclic amines) is 1. The van der Waals surface area contributed by atoms with Crippen molar-refractivity contribution in [2.45, 2.75) is 103 Å². The first-order valence-corrected chi connectivity index (χ1v) is 18.2. The molecular weight excluding hydrogens is 579 g/mol. The van der Waals surface area contributed by atoms with E-state index in [1.165, 1.54) is 68.7 Å². The summed E-state index contributed by atoms with van der Waals surface area (Å²) in [4.78, 5) is 42.4. The van der Waals surface area contributed by atoms with Crippen LogP contribution in [0.3, 0.4) is 0 Å². The summed E-state index contributed by atoms with van der Waals surface area (Å²) >= 11 is 1.77. The van der Waals surface area contributed by atoms with Crippen LogP contribution in [0.2, 0.25) is 0 Å². The Morgan fingerprint density at radius 3 is 2.16 bits per heavy atom. The molecule has 8 heteroatoms. The fourth-order valence-electron chi connectivity index (χ4n) is 8.64. The summed E-state index contributed by atoms with van der Waals surface area (Å²) in [5, 5.41) is 1.28. The van der Waals surface area contributed by atoms with Gasteiger partial charge in [0.25, 0.3) is 0 Å². The van der Waals surface area contributed by atoms with Crippen molar-refractivity contribution in [1.29, 1.82) is 0 Å². The lowest BCUT2D eigenvalue weighted by Crippen LogP contribution is -2.54. The van der Waals surface area contributed by atoms with E-state index in [9.17, 15) is 9.59 Å². The molecule has 0 aliphatic carbocycles. The number of hydrogen-bond acceptors (Lipinski definition) is 5. The van der Waals surface area contributed by atoms with Crippen LogP contribution in [0.15, 0.2) is 24.3 Å². The lowest BCUT2D eigenvalue weighted by atomic mass is 9.88. The number of carbonyl (C=O) groups excluding carboxylic acids is 2. The lowest BCUT2D eigenvalue weighted by Gasteiger charge is -2.38. The van der Waals surface area contributed by atoms with Gasteiger partial charge in [-0.3, -0.25) is 14.5 Å². The molecular formula is C37H51N5O2S. The Kier molecular flexibility index (Phi) is 8.36. The molecule has 3 aromatic rings. The number of H-pyrrole nitrogens is 1. The van der Waals surface area contributed by atoms with Gasteiger partial charge in [-0.1, -0.05) is 17.2 Å². The third-order valence-corrected chi connectivity index (χ3v) is 12.7. The van der Waals surface area contributed by atoms with Gasteiger partial charge in [0.05, 0.1) is 17.2 Å². The zero-order chi connectivity index (χ0) is 31.5. The number of hydrogen-bond donors (Lipinski definition) is 1. The van der Waals surface area contributed by atoms with Crippen LogP contribution in [-0.4, -0.2) is 100 Å². The lowest BCUT2D eigenvalue weighted by molar-refractivity contribution is -0.137. The van der Waals surface area contributed by atoms with E-state index < -0.39 is 5.41 Å². The quantitative estimate of drug-likeness (QED) is 0.327. The smallest absolute Gasteiger partial charge is 0.239 e. The molecule has 1 atom stereocenters. The van der Waals surface area contributed by atoms with Crippen LogP contribution in [0.1, 0.15) is 80.9 Å². The highest BCUT2D eigenvalue weighted by molar-refractivity contribution is 7.19. The number of benzene rings is 1. The molecule has 2 bridgehead atoms. The number of aryl methyl sites for hydroxylation is 2. The Bertz CT molecular complexity index is 1530. The molecule has 1 aromatic carbocycles. The van der Waals surface area contributed by atoms with Crippen LogP contribution < -0.4 is 0 Å². The van der Waals surface area contributed by atoms with Crippen molar-refractivity contribution in [3.63, 3.8) is 0 Å². The number of nitrogens with one attached hydrogen (secondary N) is 1. The van der Waals surface area contributed by atoms with E-state index in [2.05, 4.69) is 83.5 Å². The largest absolute Gasteiger partial charge is 0.346 e. The van der Waals surface area contributed by atoms with Crippen LogP contribution in [0.4, 0.5) is 0 Å². The Morgan fingerprint density at radius 1 is 0.911 bits per heavy atom. The minimum atomic E-state index is -0.535. The Morgan fingerprint density at radius 2 is 1.53 bits per heavy atom. The maximum atomic E-state index is 14.0. The second-order valence-electron chi connectivity index (χ2n) is 14.8. The maximum absolute atomic E-state index is 14.0. The second-order valence-corrected chi connectivity index (χ2v) is 15.9. The number of aromatic amines is 1. The summed E-state index contributed by atoms with van der Waals surface area (Å²) in [6, 6.07) is 10.0. The van der Waals surface area contributed by atoms with Crippen LogP contribution in [-0.2, 0) is 21.4 Å². The molecule has 4 saturated heterocycles. The minimum Gasteiger partial charge on any atom is -0.346 e. The van der Waals surface area contributed by atoms with E-state index in [4.69, 9.17) is 0 Å². The predicted molar refractivity (Wildman–Crippen MR) is 184 cm³/mol. The van der Waals surface area contributed by atoms with E-state index >= 15 is 0 Å². The zero-order valence-corrected chi connectivity index (χ0v) is 28.8. The van der Waals surface area contributed by atoms with Gasteiger partial charge in [0.15, 0.2) is 0 Å². The van der Waals surface area contributed by atoms with E-state index in [1.54, 1.807) is 11.3 Å². The van der Waals surface area contributed by atoms with Crippen LogP contribution in [0.25, 0.3) is 21.5 Å². The van der Waals surface area contributed by atoms with Gasteiger partial charge < -0.3 is 19.7 Å². The molecule has 1 unspecified atom stereocenters. The highest BCUT2D eigenvalue weighted by atomic mass is 32.1. The molecule has 6 heterocycles. The first-order chi connectivity index (χ1) is 21.6. The zero-order valence-electron chi connectivity index (χ0n) is 28.0. The summed E-state index contributed by atoms with van der Waals surface area (Å²) in [6.07, 6.45) is 7.91. The number of carbonyl (C=O) groups is 2. The van der Waals surface area contributed by atoms with Gasteiger partial charge in [-0.15, -0.1) is 11.3 Å². The average molecular weight is 630 g/mol. The SMILES string of the molecule is Cc1cc(C)cc(-c2[nH]c3sc(C(C)(C)C(=O)N4C5CCC4CC5)cc3c2CCN2CCN(C(C)C(=O)N3CCCC3)CC2)c1. The van der Waals surface area contributed by atoms with Crippen LogP contribution in [0.5, 0.6) is 0 Å². The normalized spacial score (nSPS) is 23.5. The highest BCUT2D eigenvalue weighted by Crippen LogP contribution is 2.44. The Labute approximate surface area is 272 Å². The third-order valence-electron chi connectivity index (χ3n) is 11.4. The molecule has 4 aliphatic heterocycles. The molecule has 2 aromatic heterocycles. The maximum Gasteiger partial charge on any atom is 0.239 e. The molecule has 7 nitrogen and oxygen atoms in total. The second kappa shape index (κ2) is 12.2. The van der Waals surface area contributed by atoms with Crippen LogP contribution in [0, 0.1) is 13.8 Å².